The van der Waals surface area contributed by atoms with Gasteiger partial charge in [0.25, 0.3) is 0 Å². The normalized spacial score (nSPS) is 9.56. The molecule has 6 nitrogen and oxygen atoms in total. The molecule has 0 spiro atoms. The van der Waals surface area contributed by atoms with E-state index in [-0.39, 0.29) is 5.56 Å². The molecule has 0 saturated heterocycles. The lowest BCUT2D eigenvalue weighted by molar-refractivity contribution is -0.139. The number of aliphatic carboxylic acids is 1. The fourth-order valence-electron chi connectivity index (χ4n) is 1.69. The summed E-state index contributed by atoms with van der Waals surface area (Å²) in [6, 6.07) is 11.1. The molecule has 0 radical (unpaired) electrons. The van der Waals surface area contributed by atoms with E-state index in [1.54, 1.807) is 43.3 Å². The second-order valence-corrected chi connectivity index (χ2v) is 5.74. The first kappa shape index (κ1) is 20.5. The summed E-state index contributed by atoms with van der Waals surface area (Å²) in [5, 5.41) is 20.4. The van der Waals surface area contributed by atoms with Crippen molar-refractivity contribution in [2.24, 2.45) is 0 Å². The van der Waals surface area contributed by atoms with Crippen LogP contribution in [0.5, 0.6) is 0 Å². The average Bonchev–Trinajstić information content (AvgIpc) is 2.49. The average molecular weight is 384 g/mol. The number of halogens is 2. The minimum absolute atomic E-state index is 0.270. The third-order valence-corrected chi connectivity index (χ3v) is 3.48. The highest BCUT2D eigenvalue weighted by atomic mass is 35.5. The van der Waals surface area contributed by atoms with Crippen LogP contribution < -0.4 is 5.32 Å². The van der Waals surface area contributed by atoms with Crippen molar-refractivity contribution >= 4 is 46.7 Å². The van der Waals surface area contributed by atoms with Crippen LogP contribution in [0.25, 0.3) is 0 Å². The number of aromatic carboxylic acids is 1. The van der Waals surface area contributed by atoms with Gasteiger partial charge in [-0.05, 0) is 48.9 Å². The van der Waals surface area contributed by atoms with Crippen molar-refractivity contribution in [2.75, 3.05) is 5.32 Å². The molecule has 0 aromatic heterocycles. The quantitative estimate of drug-likeness (QED) is 0.689. The van der Waals surface area contributed by atoms with Crippen molar-refractivity contribution in [3.63, 3.8) is 0 Å². The molecule has 2 aromatic rings. The second kappa shape index (κ2) is 9.66. The summed E-state index contributed by atoms with van der Waals surface area (Å²) in [7, 11) is 0. The van der Waals surface area contributed by atoms with Crippen molar-refractivity contribution in [3.8, 4) is 0 Å². The highest BCUT2D eigenvalue weighted by molar-refractivity contribution is 6.31. The van der Waals surface area contributed by atoms with E-state index in [4.69, 9.17) is 33.4 Å². The number of amides is 1. The number of carbonyl (C=O) groups is 3. The first-order chi connectivity index (χ1) is 11.7. The van der Waals surface area contributed by atoms with Crippen molar-refractivity contribution in [1.29, 1.82) is 0 Å². The molecule has 0 saturated carbocycles. The molecule has 132 valence electrons. The number of hydrogen-bond acceptors (Lipinski definition) is 3. The number of carboxylic acids is 2. The summed E-state index contributed by atoms with van der Waals surface area (Å²) in [4.78, 5) is 31.6. The number of benzene rings is 2. The molecule has 0 aliphatic carbocycles. The van der Waals surface area contributed by atoms with Crippen molar-refractivity contribution in [2.45, 2.75) is 13.3 Å². The van der Waals surface area contributed by atoms with Crippen molar-refractivity contribution < 1.29 is 24.6 Å². The predicted molar refractivity (Wildman–Crippen MR) is 95.5 cm³/mol. The van der Waals surface area contributed by atoms with E-state index >= 15 is 0 Å². The van der Waals surface area contributed by atoms with Crippen LogP contribution in [0.4, 0.5) is 5.69 Å². The largest absolute Gasteiger partial charge is 0.481 e. The Morgan fingerprint density at radius 1 is 1.04 bits per heavy atom. The van der Waals surface area contributed by atoms with Gasteiger partial charge in [-0.2, -0.15) is 0 Å². The number of rotatable bonds is 4. The van der Waals surface area contributed by atoms with Crippen LogP contribution in [-0.4, -0.2) is 28.1 Å². The summed E-state index contributed by atoms with van der Waals surface area (Å²) >= 11 is 11.4. The van der Waals surface area contributed by atoms with Crippen LogP contribution in [0.1, 0.15) is 22.3 Å². The molecule has 0 atom stereocenters. The Hall–Kier alpha value is -2.57. The summed E-state index contributed by atoms with van der Waals surface area (Å²) in [6.07, 6.45) is -0.549. The third-order valence-electron chi connectivity index (χ3n) is 2.83. The summed E-state index contributed by atoms with van der Waals surface area (Å²) in [5.74, 6) is -2.66. The van der Waals surface area contributed by atoms with Gasteiger partial charge in [-0.3, -0.25) is 9.59 Å². The highest BCUT2D eigenvalue weighted by Gasteiger charge is 2.07. The fourth-order valence-corrected chi connectivity index (χ4v) is 1.99. The molecule has 0 aliphatic heterocycles. The van der Waals surface area contributed by atoms with E-state index in [9.17, 15) is 14.4 Å². The Morgan fingerprint density at radius 3 is 2.24 bits per heavy atom. The molecular formula is C17H15Cl2NO5. The number of anilines is 1. The zero-order chi connectivity index (χ0) is 19.0. The van der Waals surface area contributed by atoms with Gasteiger partial charge < -0.3 is 15.5 Å². The lowest BCUT2D eigenvalue weighted by atomic mass is 10.1. The van der Waals surface area contributed by atoms with Crippen LogP contribution in [0.2, 0.25) is 10.0 Å². The molecule has 2 rings (SSSR count). The maximum atomic E-state index is 11.0. The van der Waals surface area contributed by atoms with E-state index in [1.165, 1.54) is 6.07 Å². The Morgan fingerprint density at radius 2 is 1.72 bits per heavy atom. The molecule has 25 heavy (non-hydrogen) atoms. The maximum Gasteiger partial charge on any atom is 0.335 e. The third kappa shape index (κ3) is 7.69. The zero-order valence-corrected chi connectivity index (χ0v) is 14.6. The van der Waals surface area contributed by atoms with Crippen LogP contribution >= 0.6 is 23.2 Å². The van der Waals surface area contributed by atoms with Gasteiger partial charge in [0.2, 0.25) is 5.91 Å². The van der Waals surface area contributed by atoms with Gasteiger partial charge >= 0.3 is 11.9 Å². The van der Waals surface area contributed by atoms with Gasteiger partial charge in [0.05, 0.1) is 5.56 Å². The summed E-state index contributed by atoms with van der Waals surface area (Å²) in [6.45, 7) is 1.77. The first-order valence-electron chi connectivity index (χ1n) is 6.95. The molecule has 0 bridgehead atoms. The van der Waals surface area contributed by atoms with Crippen LogP contribution in [0, 0.1) is 6.92 Å². The fraction of sp³-hybridized carbons (Fsp3) is 0.118. The number of carboxylic acid groups (broad SMARTS) is 2. The van der Waals surface area contributed by atoms with Gasteiger partial charge in [-0.25, -0.2) is 4.79 Å². The van der Waals surface area contributed by atoms with Crippen LogP contribution in [0.3, 0.4) is 0 Å². The van der Waals surface area contributed by atoms with Gasteiger partial charge in [0.1, 0.15) is 6.42 Å². The molecule has 0 aliphatic rings. The van der Waals surface area contributed by atoms with Gasteiger partial charge in [-0.1, -0.05) is 29.3 Å². The molecule has 0 heterocycles. The Labute approximate surface area is 154 Å². The van der Waals surface area contributed by atoms with E-state index in [2.05, 4.69) is 5.32 Å². The van der Waals surface area contributed by atoms with Gasteiger partial charge in [0, 0.05) is 15.7 Å². The molecule has 0 unspecified atom stereocenters. The lowest BCUT2D eigenvalue weighted by Crippen LogP contribution is -2.15. The molecular weight excluding hydrogens is 369 g/mol. The van der Waals surface area contributed by atoms with E-state index in [0.29, 0.717) is 15.7 Å². The van der Waals surface area contributed by atoms with E-state index in [1.807, 2.05) is 0 Å². The number of nitrogens with one attached hydrogen (secondary N) is 1. The lowest BCUT2D eigenvalue weighted by Gasteiger charge is -2.02. The minimum Gasteiger partial charge on any atom is -0.481 e. The Balaban J connectivity index is 0.000000257. The SMILES string of the molecule is Cc1cc(C(=O)O)ccc1Cl.O=C(O)CC(=O)Nc1cccc(Cl)c1. The number of carbonyl (C=O) groups excluding carboxylic acids is 1. The maximum absolute atomic E-state index is 11.0. The van der Waals surface area contributed by atoms with Crippen molar-refractivity contribution in [1.82, 2.24) is 0 Å². The molecule has 3 N–H and O–H groups in total. The Kier molecular flexibility index (Phi) is 7.91. The number of aryl methyl sites for hydroxylation is 1. The zero-order valence-electron chi connectivity index (χ0n) is 13.1. The van der Waals surface area contributed by atoms with Crippen LogP contribution in [0.15, 0.2) is 42.5 Å². The summed E-state index contributed by atoms with van der Waals surface area (Å²) in [5.41, 5.74) is 1.54. The number of hydrogen-bond donors (Lipinski definition) is 3. The summed E-state index contributed by atoms with van der Waals surface area (Å²) < 4.78 is 0. The second-order valence-electron chi connectivity index (χ2n) is 4.90. The minimum atomic E-state index is -1.16. The smallest absolute Gasteiger partial charge is 0.335 e. The molecule has 1 amide bonds. The molecule has 8 heteroatoms. The highest BCUT2D eigenvalue weighted by Crippen LogP contribution is 2.16. The van der Waals surface area contributed by atoms with E-state index in [0.717, 1.165) is 5.56 Å². The van der Waals surface area contributed by atoms with Crippen molar-refractivity contribution in [3.05, 3.63) is 63.6 Å². The van der Waals surface area contributed by atoms with Crippen LogP contribution in [-0.2, 0) is 9.59 Å². The molecule has 2 aromatic carbocycles. The monoisotopic (exact) mass is 383 g/mol. The Bertz CT molecular complexity index is 792. The predicted octanol–water partition coefficient (Wildman–Crippen LogP) is 4.10. The standard InChI is InChI=1S/C9H8ClNO3.C8H7ClO2/c10-6-2-1-3-7(4-6)11-8(12)5-9(13)14;1-5-4-6(8(10)11)2-3-7(5)9/h1-4H,5H2,(H,11,12)(H,13,14);2-4H,1H3,(H,10,11). The van der Waals surface area contributed by atoms with Gasteiger partial charge in [0.15, 0.2) is 0 Å². The topological polar surface area (TPSA) is 104 Å². The van der Waals surface area contributed by atoms with E-state index < -0.39 is 24.3 Å². The molecule has 0 fully saturated rings. The van der Waals surface area contributed by atoms with Gasteiger partial charge in [-0.15, -0.1) is 0 Å². The first-order valence-corrected chi connectivity index (χ1v) is 7.71.